The van der Waals surface area contributed by atoms with Gasteiger partial charge in [-0.2, -0.15) is 0 Å². The predicted molar refractivity (Wildman–Crippen MR) is 93.2 cm³/mol. The molecule has 0 saturated heterocycles. The van der Waals surface area contributed by atoms with E-state index in [0.717, 1.165) is 17.1 Å². The molecule has 0 fully saturated rings. The van der Waals surface area contributed by atoms with Gasteiger partial charge >= 0.3 is 0 Å². The number of furan rings is 1. The molecule has 0 saturated carbocycles. The minimum atomic E-state index is -0.243. The van der Waals surface area contributed by atoms with Crippen molar-refractivity contribution in [3.63, 3.8) is 0 Å². The lowest BCUT2D eigenvalue weighted by atomic mass is 10.1. The largest absolute Gasteiger partial charge is 0.466 e. The SMILES string of the molecule is Cc1cc([C@@H](C)NC(=O)CCn2nnc3ccccc3c2=O)c(C)o1. The second kappa shape index (κ2) is 6.88. The van der Waals surface area contributed by atoms with Crippen molar-refractivity contribution in [1.82, 2.24) is 20.3 Å². The van der Waals surface area contributed by atoms with E-state index >= 15 is 0 Å². The number of rotatable bonds is 5. The zero-order valence-electron chi connectivity index (χ0n) is 14.4. The van der Waals surface area contributed by atoms with Crippen LogP contribution in [-0.2, 0) is 11.3 Å². The van der Waals surface area contributed by atoms with E-state index < -0.39 is 0 Å². The number of aromatic nitrogens is 3. The molecule has 1 atom stereocenters. The van der Waals surface area contributed by atoms with Gasteiger partial charge < -0.3 is 9.73 Å². The molecule has 0 aliphatic heterocycles. The van der Waals surface area contributed by atoms with E-state index in [0.29, 0.717) is 10.9 Å². The summed E-state index contributed by atoms with van der Waals surface area (Å²) in [5.41, 5.74) is 1.26. The van der Waals surface area contributed by atoms with E-state index in [1.807, 2.05) is 26.8 Å². The van der Waals surface area contributed by atoms with E-state index in [-0.39, 0.29) is 30.5 Å². The van der Waals surface area contributed by atoms with Crippen molar-refractivity contribution >= 4 is 16.8 Å². The first-order valence-corrected chi connectivity index (χ1v) is 8.14. The van der Waals surface area contributed by atoms with Crippen LogP contribution < -0.4 is 10.9 Å². The smallest absolute Gasteiger partial charge is 0.277 e. The molecule has 25 heavy (non-hydrogen) atoms. The van der Waals surface area contributed by atoms with E-state index in [4.69, 9.17) is 4.42 Å². The summed E-state index contributed by atoms with van der Waals surface area (Å²) in [7, 11) is 0. The van der Waals surface area contributed by atoms with Gasteiger partial charge in [-0.1, -0.05) is 17.3 Å². The molecule has 1 N–H and O–H groups in total. The highest BCUT2D eigenvalue weighted by molar-refractivity contribution is 5.77. The molecule has 3 rings (SSSR count). The van der Waals surface area contributed by atoms with E-state index in [1.54, 1.807) is 24.3 Å². The third kappa shape index (κ3) is 3.60. The fourth-order valence-corrected chi connectivity index (χ4v) is 2.85. The first-order chi connectivity index (χ1) is 12.0. The number of nitrogens with zero attached hydrogens (tertiary/aromatic N) is 3. The van der Waals surface area contributed by atoms with Crippen LogP contribution in [0.5, 0.6) is 0 Å². The third-order valence-electron chi connectivity index (χ3n) is 4.10. The fraction of sp³-hybridized carbons (Fsp3) is 0.333. The Morgan fingerprint density at radius 2 is 2.08 bits per heavy atom. The number of carbonyl (C=O) groups excluding carboxylic acids is 1. The highest BCUT2D eigenvalue weighted by Gasteiger charge is 2.15. The molecule has 130 valence electrons. The standard InChI is InChI=1S/C18H20N4O3/c1-11-10-15(13(3)25-11)12(2)19-17(23)8-9-22-18(24)14-6-4-5-7-16(14)20-21-22/h4-7,10,12H,8-9H2,1-3H3,(H,19,23)/t12-/m1/s1. The van der Waals surface area contributed by atoms with Gasteiger partial charge in [0, 0.05) is 12.0 Å². The van der Waals surface area contributed by atoms with Crippen molar-refractivity contribution in [1.29, 1.82) is 0 Å². The molecular formula is C18H20N4O3. The summed E-state index contributed by atoms with van der Waals surface area (Å²) in [5, 5.41) is 11.3. The summed E-state index contributed by atoms with van der Waals surface area (Å²) in [6.45, 7) is 5.82. The Labute approximate surface area is 144 Å². The Kier molecular flexibility index (Phi) is 4.65. The number of nitrogens with one attached hydrogen (secondary N) is 1. The van der Waals surface area contributed by atoms with Gasteiger partial charge in [-0.05, 0) is 39.0 Å². The van der Waals surface area contributed by atoms with Crippen molar-refractivity contribution in [3.8, 4) is 0 Å². The Balaban J connectivity index is 1.65. The molecule has 0 bridgehead atoms. The van der Waals surface area contributed by atoms with Crippen LogP contribution in [0.15, 0.2) is 39.5 Å². The lowest BCUT2D eigenvalue weighted by Crippen LogP contribution is -2.30. The van der Waals surface area contributed by atoms with E-state index in [1.165, 1.54) is 4.68 Å². The van der Waals surface area contributed by atoms with Gasteiger partial charge in [-0.3, -0.25) is 9.59 Å². The number of hydrogen-bond acceptors (Lipinski definition) is 5. The summed E-state index contributed by atoms with van der Waals surface area (Å²) >= 11 is 0. The van der Waals surface area contributed by atoms with Crippen LogP contribution in [0.4, 0.5) is 0 Å². The summed E-state index contributed by atoms with van der Waals surface area (Å²) in [6, 6.07) is 8.77. The number of amides is 1. The van der Waals surface area contributed by atoms with Crippen LogP contribution in [0.1, 0.15) is 36.5 Å². The van der Waals surface area contributed by atoms with Gasteiger partial charge in [0.05, 0.1) is 18.0 Å². The monoisotopic (exact) mass is 340 g/mol. The summed E-state index contributed by atoms with van der Waals surface area (Å²) in [4.78, 5) is 24.5. The average Bonchev–Trinajstić information content (AvgIpc) is 2.93. The molecule has 0 radical (unpaired) electrons. The van der Waals surface area contributed by atoms with Crippen molar-refractivity contribution in [2.24, 2.45) is 0 Å². The van der Waals surface area contributed by atoms with Crippen molar-refractivity contribution in [2.45, 2.75) is 39.8 Å². The number of carbonyl (C=O) groups is 1. The van der Waals surface area contributed by atoms with Crippen LogP contribution >= 0.6 is 0 Å². The predicted octanol–water partition coefficient (Wildman–Crippen LogP) is 2.27. The third-order valence-corrected chi connectivity index (χ3v) is 4.10. The Bertz CT molecular complexity index is 974. The molecule has 3 aromatic rings. The van der Waals surface area contributed by atoms with Gasteiger partial charge in [0.25, 0.3) is 5.56 Å². The molecule has 1 aromatic carbocycles. The topological polar surface area (TPSA) is 90.0 Å². The first-order valence-electron chi connectivity index (χ1n) is 8.14. The van der Waals surface area contributed by atoms with E-state index in [9.17, 15) is 9.59 Å². The van der Waals surface area contributed by atoms with Gasteiger partial charge in [-0.25, -0.2) is 4.68 Å². The normalized spacial score (nSPS) is 12.3. The van der Waals surface area contributed by atoms with Crippen molar-refractivity contribution in [3.05, 3.63) is 57.8 Å². The maximum absolute atomic E-state index is 12.3. The minimum absolute atomic E-state index is 0.146. The van der Waals surface area contributed by atoms with Crippen LogP contribution in [0, 0.1) is 13.8 Å². The second-order valence-electron chi connectivity index (χ2n) is 6.04. The molecule has 2 aromatic heterocycles. The van der Waals surface area contributed by atoms with Gasteiger partial charge in [-0.15, -0.1) is 5.10 Å². The zero-order chi connectivity index (χ0) is 18.0. The van der Waals surface area contributed by atoms with Crippen molar-refractivity contribution < 1.29 is 9.21 Å². The molecule has 2 heterocycles. The molecular weight excluding hydrogens is 320 g/mol. The molecule has 1 amide bonds. The van der Waals surface area contributed by atoms with Crippen LogP contribution in [0.2, 0.25) is 0 Å². The minimum Gasteiger partial charge on any atom is -0.466 e. The quantitative estimate of drug-likeness (QED) is 0.769. The molecule has 0 aliphatic rings. The maximum atomic E-state index is 12.3. The Morgan fingerprint density at radius 3 is 2.80 bits per heavy atom. The summed E-state index contributed by atoms with van der Waals surface area (Å²) < 4.78 is 6.71. The number of benzene rings is 1. The fourth-order valence-electron chi connectivity index (χ4n) is 2.85. The lowest BCUT2D eigenvalue weighted by Gasteiger charge is -2.13. The lowest BCUT2D eigenvalue weighted by molar-refractivity contribution is -0.122. The van der Waals surface area contributed by atoms with Crippen LogP contribution in [0.25, 0.3) is 10.9 Å². The Morgan fingerprint density at radius 1 is 1.32 bits per heavy atom. The Hall–Kier alpha value is -2.96. The number of fused-ring (bicyclic) bond motifs is 1. The van der Waals surface area contributed by atoms with E-state index in [2.05, 4.69) is 15.6 Å². The molecule has 7 nitrogen and oxygen atoms in total. The van der Waals surface area contributed by atoms with Gasteiger partial charge in [0.1, 0.15) is 17.0 Å². The highest BCUT2D eigenvalue weighted by Crippen LogP contribution is 2.21. The van der Waals surface area contributed by atoms with Gasteiger partial charge in [0.2, 0.25) is 5.91 Å². The average molecular weight is 340 g/mol. The van der Waals surface area contributed by atoms with Gasteiger partial charge in [0.15, 0.2) is 0 Å². The summed E-state index contributed by atoms with van der Waals surface area (Å²) in [5.74, 6) is 1.45. The molecule has 0 unspecified atom stereocenters. The van der Waals surface area contributed by atoms with Crippen LogP contribution in [0.3, 0.4) is 0 Å². The molecule has 0 aliphatic carbocycles. The molecule has 0 spiro atoms. The zero-order valence-corrected chi connectivity index (χ0v) is 14.4. The first kappa shape index (κ1) is 16.9. The maximum Gasteiger partial charge on any atom is 0.277 e. The van der Waals surface area contributed by atoms with Crippen LogP contribution in [-0.4, -0.2) is 20.9 Å². The molecule has 7 heteroatoms. The summed E-state index contributed by atoms with van der Waals surface area (Å²) in [6.07, 6.45) is 0.146. The second-order valence-corrected chi connectivity index (χ2v) is 6.04. The van der Waals surface area contributed by atoms with Crippen molar-refractivity contribution in [2.75, 3.05) is 0 Å². The number of hydrogen-bond donors (Lipinski definition) is 1. The number of aryl methyl sites for hydroxylation is 3. The highest BCUT2D eigenvalue weighted by atomic mass is 16.3.